The van der Waals surface area contributed by atoms with Crippen LogP contribution in [0.25, 0.3) is 6.08 Å². The summed E-state index contributed by atoms with van der Waals surface area (Å²) in [6.45, 7) is 6.51. The van der Waals surface area contributed by atoms with Crippen LogP contribution < -0.4 is 22.1 Å². The first-order valence-electron chi connectivity index (χ1n) is 13.6. The maximum absolute atomic E-state index is 13.5. The van der Waals surface area contributed by atoms with Crippen molar-refractivity contribution in [3.05, 3.63) is 64.7 Å². The van der Waals surface area contributed by atoms with Gasteiger partial charge >= 0.3 is 0 Å². The Morgan fingerprint density at radius 2 is 2.03 bits per heavy atom. The molecular weight excluding hydrogens is 494 g/mol. The van der Waals surface area contributed by atoms with Crippen molar-refractivity contribution in [2.75, 3.05) is 38.5 Å². The molecule has 2 aromatic carbocycles. The number of carbonyl (C=O) groups is 2. The molecule has 2 aromatic rings. The monoisotopic (exact) mass is 531 g/mol. The van der Waals surface area contributed by atoms with Crippen molar-refractivity contribution < 1.29 is 14.4 Å². The van der Waals surface area contributed by atoms with E-state index < -0.39 is 0 Å². The molecule has 2 unspecified atom stereocenters. The van der Waals surface area contributed by atoms with E-state index in [0.29, 0.717) is 40.9 Å². The summed E-state index contributed by atoms with van der Waals surface area (Å²) in [7, 11) is 0. The van der Waals surface area contributed by atoms with Crippen LogP contribution in [-0.2, 0) is 16.2 Å². The molecule has 3 heterocycles. The zero-order chi connectivity index (χ0) is 27.4. The molecule has 3 aliphatic heterocycles. The van der Waals surface area contributed by atoms with Gasteiger partial charge in [0, 0.05) is 73.6 Å². The van der Waals surface area contributed by atoms with Crippen molar-refractivity contribution in [1.82, 2.24) is 20.6 Å². The van der Waals surface area contributed by atoms with E-state index in [1.54, 1.807) is 30.3 Å². The summed E-state index contributed by atoms with van der Waals surface area (Å²) < 4.78 is 0. The number of rotatable bonds is 8. The first-order chi connectivity index (χ1) is 18.9. The van der Waals surface area contributed by atoms with Gasteiger partial charge in [0.15, 0.2) is 0 Å². The molecule has 2 amide bonds. The number of piperazine rings is 1. The number of nitrogen functional groups attached to an aromatic ring is 1. The molecule has 6 N–H and O–H groups in total. The number of amides is 2. The van der Waals surface area contributed by atoms with Gasteiger partial charge in [-0.25, -0.2) is 10.1 Å². The fourth-order valence-corrected chi connectivity index (χ4v) is 5.36. The molecule has 0 aromatic heterocycles. The summed E-state index contributed by atoms with van der Waals surface area (Å²) in [5.41, 5.74) is 15.9. The number of anilines is 1. The molecule has 0 spiro atoms. The second-order valence-electron chi connectivity index (χ2n) is 10.4. The Morgan fingerprint density at radius 1 is 1.21 bits per heavy atom. The SMILES string of the molecule is CCCN(OCc1ccc(N)cc1)C(=O)C1=Cc2ccc(C(=O)NC3CC4CNCCN4C3)cc2N=C(N)C1. The van der Waals surface area contributed by atoms with Crippen molar-refractivity contribution >= 4 is 35.1 Å². The molecule has 0 radical (unpaired) electrons. The first-order valence-corrected chi connectivity index (χ1v) is 13.6. The first kappa shape index (κ1) is 26.9. The van der Waals surface area contributed by atoms with Crippen LogP contribution in [0.15, 0.2) is 53.0 Å². The topological polar surface area (TPSA) is 138 Å². The Bertz CT molecular complexity index is 1260. The van der Waals surface area contributed by atoms with Gasteiger partial charge in [-0.3, -0.25) is 19.3 Å². The predicted molar refractivity (Wildman–Crippen MR) is 152 cm³/mol. The maximum atomic E-state index is 13.5. The van der Waals surface area contributed by atoms with Crippen LogP contribution in [0.1, 0.15) is 47.7 Å². The van der Waals surface area contributed by atoms with Crippen LogP contribution in [-0.4, -0.2) is 72.4 Å². The minimum atomic E-state index is -0.257. The molecule has 2 fully saturated rings. The van der Waals surface area contributed by atoms with Crippen LogP contribution in [0, 0.1) is 0 Å². The summed E-state index contributed by atoms with van der Waals surface area (Å²) in [6, 6.07) is 13.3. The van der Waals surface area contributed by atoms with Gasteiger partial charge in [-0.2, -0.15) is 0 Å². The highest BCUT2D eigenvalue weighted by atomic mass is 16.7. The van der Waals surface area contributed by atoms with Gasteiger partial charge in [-0.1, -0.05) is 25.1 Å². The van der Waals surface area contributed by atoms with E-state index in [1.807, 2.05) is 25.1 Å². The molecule has 3 aliphatic rings. The van der Waals surface area contributed by atoms with Crippen molar-refractivity contribution in [2.45, 2.75) is 44.9 Å². The lowest BCUT2D eigenvalue weighted by Crippen LogP contribution is -2.47. The Morgan fingerprint density at radius 3 is 2.79 bits per heavy atom. The second-order valence-corrected chi connectivity index (χ2v) is 10.4. The summed E-state index contributed by atoms with van der Waals surface area (Å²) in [5, 5.41) is 7.99. The molecule has 2 saturated heterocycles. The second kappa shape index (κ2) is 12.0. The van der Waals surface area contributed by atoms with E-state index in [2.05, 4.69) is 20.5 Å². The third-order valence-electron chi connectivity index (χ3n) is 7.37. The number of nitrogens with one attached hydrogen (secondary N) is 2. The third kappa shape index (κ3) is 6.47. The number of fused-ring (bicyclic) bond motifs is 2. The van der Waals surface area contributed by atoms with E-state index in [-0.39, 0.29) is 30.9 Å². The van der Waals surface area contributed by atoms with Gasteiger partial charge in [-0.15, -0.1) is 0 Å². The number of aliphatic imine (C=N–C) groups is 1. The number of hydroxylamine groups is 2. The van der Waals surface area contributed by atoms with Crippen LogP contribution in [0.4, 0.5) is 11.4 Å². The minimum Gasteiger partial charge on any atom is -0.399 e. The summed E-state index contributed by atoms with van der Waals surface area (Å²) in [5.74, 6) is -0.0764. The van der Waals surface area contributed by atoms with Gasteiger partial charge in [0.25, 0.3) is 11.8 Å². The number of benzene rings is 2. The summed E-state index contributed by atoms with van der Waals surface area (Å²) >= 11 is 0. The molecule has 0 saturated carbocycles. The van der Waals surface area contributed by atoms with E-state index in [9.17, 15) is 9.59 Å². The average Bonchev–Trinajstić information content (AvgIpc) is 3.25. The number of nitrogens with zero attached hydrogens (tertiary/aromatic N) is 3. The van der Waals surface area contributed by atoms with E-state index >= 15 is 0 Å². The Hall–Kier alpha value is -3.73. The van der Waals surface area contributed by atoms with Crippen LogP contribution >= 0.6 is 0 Å². The quantitative estimate of drug-likeness (QED) is 0.303. The fraction of sp³-hybridized carbons (Fsp3) is 0.414. The van der Waals surface area contributed by atoms with Crippen molar-refractivity contribution in [2.24, 2.45) is 10.7 Å². The molecule has 5 rings (SSSR count). The van der Waals surface area contributed by atoms with Crippen molar-refractivity contribution in [3.8, 4) is 0 Å². The lowest BCUT2D eigenvalue weighted by molar-refractivity contribution is -0.187. The zero-order valence-electron chi connectivity index (χ0n) is 22.4. The molecule has 0 aliphatic carbocycles. The highest BCUT2D eigenvalue weighted by molar-refractivity contribution is 6.05. The van der Waals surface area contributed by atoms with Crippen molar-refractivity contribution in [1.29, 1.82) is 0 Å². The van der Waals surface area contributed by atoms with Crippen molar-refractivity contribution in [3.63, 3.8) is 0 Å². The molecule has 10 nitrogen and oxygen atoms in total. The Labute approximate surface area is 229 Å². The lowest BCUT2D eigenvalue weighted by atomic mass is 10.0. The Kier molecular flexibility index (Phi) is 8.25. The minimum absolute atomic E-state index is 0.122. The van der Waals surface area contributed by atoms with Crippen LogP contribution in [0.2, 0.25) is 0 Å². The molecule has 10 heteroatoms. The number of hydrogen-bond donors (Lipinski definition) is 4. The summed E-state index contributed by atoms with van der Waals surface area (Å²) in [4.78, 5) is 39.4. The van der Waals surface area contributed by atoms with Gasteiger partial charge in [0.05, 0.1) is 5.69 Å². The van der Waals surface area contributed by atoms with Gasteiger partial charge in [0.1, 0.15) is 12.4 Å². The largest absolute Gasteiger partial charge is 0.399 e. The predicted octanol–water partition coefficient (Wildman–Crippen LogP) is 2.19. The van der Waals surface area contributed by atoms with Gasteiger partial charge in [0.2, 0.25) is 0 Å². The number of hydrogen-bond acceptors (Lipinski definition) is 8. The highest BCUT2D eigenvalue weighted by Crippen LogP contribution is 2.29. The van der Waals surface area contributed by atoms with Gasteiger partial charge < -0.3 is 22.1 Å². The van der Waals surface area contributed by atoms with E-state index in [0.717, 1.165) is 50.1 Å². The zero-order valence-corrected chi connectivity index (χ0v) is 22.4. The van der Waals surface area contributed by atoms with Crippen LogP contribution in [0.3, 0.4) is 0 Å². The normalized spacial score (nSPS) is 20.7. The van der Waals surface area contributed by atoms with Crippen LogP contribution in [0.5, 0.6) is 0 Å². The molecule has 2 atom stereocenters. The number of nitrogens with two attached hydrogens (primary N) is 2. The Balaban J connectivity index is 1.28. The molecule has 39 heavy (non-hydrogen) atoms. The number of amidine groups is 1. The smallest absolute Gasteiger partial charge is 0.273 e. The van der Waals surface area contributed by atoms with E-state index in [4.69, 9.17) is 16.3 Å². The summed E-state index contributed by atoms with van der Waals surface area (Å²) in [6.07, 6.45) is 3.65. The molecular formula is C29H37N7O3. The lowest BCUT2D eigenvalue weighted by Gasteiger charge is -2.29. The van der Waals surface area contributed by atoms with E-state index in [1.165, 1.54) is 5.06 Å². The number of carbonyl (C=O) groups excluding carboxylic acids is 2. The fourth-order valence-electron chi connectivity index (χ4n) is 5.36. The highest BCUT2D eigenvalue weighted by Gasteiger charge is 2.34. The standard InChI is InChI=1S/C29H37N7O3/c1-2-10-36(39-18-19-3-7-23(30)8-4-19)29(38)22-12-20-5-6-21(13-26(20)34-27(31)14-22)28(37)33-24-15-25-16-32-9-11-35(25)17-24/h3-8,12-13,24-25,32H,2,9-11,14-18,30H2,1H3,(H2,31,34)(H,33,37). The van der Waals surface area contributed by atoms with Gasteiger partial charge in [-0.05, 0) is 48.7 Å². The molecule has 206 valence electrons. The molecule has 0 bridgehead atoms. The maximum Gasteiger partial charge on any atom is 0.273 e. The third-order valence-corrected chi connectivity index (χ3v) is 7.37. The average molecular weight is 532 g/mol.